The second-order valence-electron chi connectivity index (χ2n) is 4.45. The van der Waals surface area contributed by atoms with Gasteiger partial charge in [0.15, 0.2) is 0 Å². The zero-order valence-electron chi connectivity index (χ0n) is 10.6. The van der Waals surface area contributed by atoms with Crippen LogP contribution in [0.5, 0.6) is 0 Å². The molecule has 0 fully saturated rings. The molecule has 0 saturated heterocycles. The van der Waals surface area contributed by atoms with Gasteiger partial charge < -0.3 is 4.90 Å². The minimum atomic E-state index is -4.96. The number of carbonyl (C=O) groups is 1. The monoisotopic (exact) mass is 290 g/mol. The number of halogens is 3. The molecule has 0 N–H and O–H groups in total. The predicted octanol–water partition coefficient (Wildman–Crippen LogP) is 1.46. The van der Waals surface area contributed by atoms with Crippen LogP contribution < -0.4 is 10.4 Å². The van der Waals surface area contributed by atoms with Crippen molar-refractivity contribution >= 4 is 23.3 Å². The SMILES string of the molecule is O=C(C1=NC=CN2C=CC=c3ccccc3=C12)C(F)(F)F. The molecule has 0 bridgehead atoms. The standard InChI is InChI=1S/C15H9F3N2O/c16-15(17,18)14(21)12-13-11-6-2-1-4-10(11)5-3-8-20(13)9-7-19-12/h1-9H. The molecule has 0 aromatic heterocycles. The fraction of sp³-hybridized carbons (Fsp3) is 0.0667. The number of carbonyl (C=O) groups excluding carboxylic acids is 1. The van der Waals surface area contributed by atoms with Crippen molar-refractivity contribution in [2.24, 2.45) is 4.99 Å². The molecule has 0 radical (unpaired) electrons. The maximum Gasteiger partial charge on any atom is 0.456 e. The topological polar surface area (TPSA) is 32.7 Å². The van der Waals surface area contributed by atoms with E-state index in [9.17, 15) is 18.0 Å². The molecule has 6 heteroatoms. The lowest BCUT2D eigenvalue weighted by Crippen LogP contribution is -2.41. The third-order valence-electron chi connectivity index (χ3n) is 3.12. The molecule has 0 saturated carbocycles. The van der Waals surface area contributed by atoms with E-state index >= 15 is 0 Å². The largest absolute Gasteiger partial charge is 0.456 e. The van der Waals surface area contributed by atoms with Gasteiger partial charge in [-0.2, -0.15) is 13.2 Å². The first-order chi connectivity index (χ1) is 9.98. The van der Waals surface area contributed by atoms with E-state index in [-0.39, 0.29) is 5.70 Å². The van der Waals surface area contributed by atoms with Gasteiger partial charge in [0.2, 0.25) is 0 Å². The van der Waals surface area contributed by atoms with Gasteiger partial charge in [-0.3, -0.25) is 4.79 Å². The summed E-state index contributed by atoms with van der Waals surface area (Å²) in [5.41, 5.74) is -0.460. The minimum Gasteiger partial charge on any atom is -0.320 e. The van der Waals surface area contributed by atoms with Gasteiger partial charge in [-0.25, -0.2) is 4.99 Å². The van der Waals surface area contributed by atoms with E-state index in [1.807, 2.05) is 0 Å². The Balaban J connectivity index is 2.32. The Morgan fingerprint density at radius 2 is 1.90 bits per heavy atom. The van der Waals surface area contributed by atoms with E-state index in [0.717, 1.165) is 5.22 Å². The third kappa shape index (κ3) is 2.29. The highest BCUT2D eigenvalue weighted by molar-refractivity contribution is 6.55. The Morgan fingerprint density at radius 1 is 1.14 bits per heavy atom. The summed E-state index contributed by atoms with van der Waals surface area (Å²) in [5, 5.41) is 1.26. The molecule has 1 aromatic carbocycles. The van der Waals surface area contributed by atoms with Gasteiger partial charge in [-0.1, -0.05) is 30.3 Å². The van der Waals surface area contributed by atoms with Gasteiger partial charge in [0.25, 0.3) is 5.78 Å². The molecule has 3 nitrogen and oxygen atoms in total. The quantitative estimate of drug-likeness (QED) is 0.784. The van der Waals surface area contributed by atoms with Gasteiger partial charge >= 0.3 is 6.18 Å². The molecule has 2 heterocycles. The van der Waals surface area contributed by atoms with E-state index in [2.05, 4.69) is 4.99 Å². The lowest BCUT2D eigenvalue weighted by molar-refractivity contribution is -0.163. The summed E-state index contributed by atoms with van der Waals surface area (Å²) in [6.45, 7) is 0. The second kappa shape index (κ2) is 4.73. The van der Waals surface area contributed by atoms with Crippen LogP contribution in [0.1, 0.15) is 0 Å². The van der Waals surface area contributed by atoms with Crippen molar-refractivity contribution in [1.82, 2.24) is 4.90 Å². The van der Waals surface area contributed by atoms with Crippen LogP contribution >= 0.6 is 0 Å². The van der Waals surface area contributed by atoms with Crippen LogP contribution in [0.3, 0.4) is 0 Å². The van der Waals surface area contributed by atoms with Crippen molar-refractivity contribution in [3.8, 4) is 0 Å². The maximum absolute atomic E-state index is 12.8. The Labute approximate surface area is 117 Å². The van der Waals surface area contributed by atoms with E-state index in [0.29, 0.717) is 5.22 Å². The zero-order chi connectivity index (χ0) is 15.0. The summed E-state index contributed by atoms with van der Waals surface area (Å²) in [4.78, 5) is 16.8. The number of allylic oxidation sites excluding steroid dienone is 1. The van der Waals surface area contributed by atoms with Gasteiger partial charge in [-0.15, -0.1) is 0 Å². The third-order valence-corrected chi connectivity index (χ3v) is 3.12. The number of Topliss-reactive ketones (excluding diaryl/α,β-unsaturated/α-hetero) is 1. The molecular weight excluding hydrogens is 281 g/mol. The van der Waals surface area contributed by atoms with Crippen molar-refractivity contribution in [3.63, 3.8) is 0 Å². The summed E-state index contributed by atoms with van der Waals surface area (Å²) >= 11 is 0. The van der Waals surface area contributed by atoms with Gasteiger partial charge in [0.1, 0.15) is 5.71 Å². The zero-order valence-corrected chi connectivity index (χ0v) is 10.6. The first-order valence-electron chi connectivity index (χ1n) is 6.11. The predicted molar refractivity (Wildman–Crippen MR) is 72.2 cm³/mol. The first-order valence-corrected chi connectivity index (χ1v) is 6.11. The van der Waals surface area contributed by atoms with Crippen LogP contribution in [0, 0.1) is 0 Å². The summed E-state index contributed by atoms with van der Waals surface area (Å²) in [5.74, 6) is -1.95. The molecular formula is C15H9F3N2O. The van der Waals surface area contributed by atoms with Crippen molar-refractivity contribution in [3.05, 3.63) is 59.4 Å². The lowest BCUT2D eigenvalue weighted by Gasteiger charge is -2.23. The van der Waals surface area contributed by atoms with E-state index < -0.39 is 17.7 Å². The molecule has 1 aromatic rings. The van der Waals surface area contributed by atoms with Crippen molar-refractivity contribution < 1.29 is 18.0 Å². The van der Waals surface area contributed by atoms with Crippen molar-refractivity contribution in [2.45, 2.75) is 6.18 Å². The van der Waals surface area contributed by atoms with E-state index in [4.69, 9.17) is 0 Å². The molecule has 2 aliphatic heterocycles. The minimum absolute atomic E-state index is 0.139. The van der Waals surface area contributed by atoms with E-state index in [1.165, 1.54) is 17.3 Å². The molecule has 0 amide bonds. The summed E-state index contributed by atoms with van der Waals surface area (Å²) in [6, 6.07) is 6.92. The van der Waals surface area contributed by atoms with Crippen LogP contribution in [-0.4, -0.2) is 22.6 Å². The molecule has 106 valence electrons. The number of benzene rings is 1. The number of fused-ring (bicyclic) bond motifs is 2. The molecule has 0 atom stereocenters. The van der Waals surface area contributed by atoms with Crippen LogP contribution in [0.25, 0.3) is 11.8 Å². The summed E-state index contributed by atoms with van der Waals surface area (Å²) < 4.78 is 38.3. The Hall–Kier alpha value is -2.63. The molecule has 3 rings (SSSR count). The Morgan fingerprint density at radius 3 is 2.67 bits per heavy atom. The summed E-state index contributed by atoms with van der Waals surface area (Å²) in [7, 11) is 0. The molecule has 0 aliphatic carbocycles. The number of rotatable bonds is 1. The number of hydrogen-bond donors (Lipinski definition) is 0. The van der Waals surface area contributed by atoms with Gasteiger partial charge in [0, 0.05) is 23.8 Å². The Kier molecular flexibility index (Phi) is 3.01. The second-order valence-corrected chi connectivity index (χ2v) is 4.45. The maximum atomic E-state index is 12.8. The highest BCUT2D eigenvalue weighted by Gasteiger charge is 2.44. The number of nitrogens with zero attached hydrogens (tertiary/aromatic N) is 2. The first kappa shape index (κ1) is 13.4. The number of alkyl halides is 3. The smallest absolute Gasteiger partial charge is 0.320 e. The van der Waals surface area contributed by atoms with Crippen LogP contribution in [-0.2, 0) is 4.79 Å². The van der Waals surface area contributed by atoms with Crippen LogP contribution in [0.4, 0.5) is 13.2 Å². The number of hydrogen-bond acceptors (Lipinski definition) is 3. The van der Waals surface area contributed by atoms with Crippen LogP contribution in [0.2, 0.25) is 0 Å². The van der Waals surface area contributed by atoms with Crippen LogP contribution in [0.15, 0.2) is 53.9 Å². The lowest BCUT2D eigenvalue weighted by atomic mass is 10.1. The highest BCUT2D eigenvalue weighted by Crippen LogP contribution is 2.23. The average Bonchev–Trinajstić information content (AvgIpc) is 2.64. The molecule has 0 unspecified atom stereocenters. The Bertz CT molecular complexity index is 816. The molecule has 21 heavy (non-hydrogen) atoms. The average molecular weight is 290 g/mol. The van der Waals surface area contributed by atoms with Gasteiger partial charge in [-0.05, 0) is 11.3 Å². The van der Waals surface area contributed by atoms with Crippen molar-refractivity contribution in [2.75, 3.05) is 0 Å². The molecule has 2 aliphatic rings. The highest BCUT2D eigenvalue weighted by atomic mass is 19.4. The van der Waals surface area contributed by atoms with Crippen molar-refractivity contribution in [1.29, 1.82) is 0 Å². The fourth-order valence-corrected chi connectivity index (χ4v) is 2.23. The normalized spacial score (nSPS) is 16.6. The molecule has 0 spiro atoms. The summed E-state index contributed by atoms with van der Waals surface area (Å²) in [6.07, 6.45) is 2.79. The fourth-order valence-electron chi connectivity index (χ4n) is 2.23. The number of aliphatic imine (C=N–C) groups is 1. The van der Waals surface area contributed by atoms with Gasteiger partial charge in [0.05, 0.1) is 5.70 Å². The van der Waals surface area contributed by atoms with E-state index in [1.54, 1.807) is 42.6 Å². The number of ketones is 1.